The summed E-state index contributed by atoms with van der Waals surface area (Å²) in [5.74, 6) is 0.590. The monoisotopic (exact) mass is 451 g/mol. The van der Waals surface area contributed by atoms with Gasteiger partial charge in [0.05, 0.1) is 29.4 Å². The van der Waals surface area contributed by atoms with Crippen LogP contribution in [0.1, 0.15) is 12.2 Å². The lowest BCUT2D eigenvalue weighted by Crippen LogP contribution is -2.14. The molecule has 1 amide bonds. The average molecular weight is 452 g/mol. The van der Waals surface area contributed by atoms with Crippen molar-refractivity contribution in [1.82, 2.24) is 14.5 Å². The number of nitro groups is 1. The fraction of sp³-hybridized carbons (Fsp3) is 0.389. The molecule has 0 spiro atoms. The molecule has 0 saturated heterocycles. The van der Waals surface area contributed by atoms with Crippen LogP contribution in [0.3, 0.4) is 0 Å². The Morgan fingerprint density at radius 1 is 1.37 bits per heavy atom. The number of carbonyl (C=O) groups is 1. The Morgan fingerprint density at radius 2 is 2.20 bits per heavy atom. The van der Waals surface area contributed by atoms with Crippen molar-refractivity contribution in [2.24, 2.45) is 0 Å². The maximum atomic E-state index is 12.3. The van der Waals surface area contributed by atoms with Gasteiger partial charge in [-0.05, 0) is 28.1 Å². The minimum absolute atomic E-state index is 0.176. The summed E-state index contributed by atoms with van der Waals surface area (Å²) in [5, 5.41) is 13.6. The Kier molecular flexibility index (Phi) is 7.74. The molecule has 3 rings (SSSR count). The van der Waals surface area contributed by atoms with E-state index in [0.717, 1.165) is 14.6 Å². The van der Waals surface area contributed by atoms with Gasteiger partial charge in [-0.25, -0.2) is 4.98 Å². The molecule has 2 aromatic heterocycles. The van der Waals surface area contributed by atoms with Gasteiger partial charge in [-0.3, -0.25) is 4.79 Å². The number of thioether (sulfide) groups is 1. The number of fused-ring (bicyclic) bond motifs is 1. The first-order valence-electron chi connectivity index (χ1n) is 9.04. The van der Waals surface area contributed by atoms with Gasteiger partial charge in [-0.2, -0.15) is 0 Å². The minimum Gasteiger partial charge on any atom is -0.382 e. The summed E-state index contributed by atoms with van der Waals surface area (Å²) in [6.45, 7) is 3.07. The Balaban J connectivity index is 1.53. The van der Waals surface area contributed by atoms with Crippen LogP contribution >= 0.6 is 23.1 Å². The Bertz CT molecular complexity index is 1040. The second-order valence-electron chi connectivity index (χ2n) is 6.22. The van der Waals surface area contributed by atoms with Crippen molar-refractivity contribution < 1.29 is 19.2 Å². The molecule has 0 bridgehead atoms. The number of aryl methyl sites for hydroxylation is 2. The van der Waals surface area contributed by atoms with Crippen molar-refractivity contribution in [3.05, 3.63) is 40.3 Å². The molecule has 160 valence electrons. The Morgan fingerprint density at radius 3 is 2.93 bits per heavy atom. The van der Waals surface area contributed by atoms with Gasteiger partial charge in [0.25, 0.3) is 0 Å². The molecular weight excluding hydrogens is 430 g/mol. The van der Waals surface area contributed by atoms with Crippen molar-refractivity contribution in [3.8, 4) is 0 Å². The van der Waals surface area contributed by atoms with Crippen molar-refractivity contribution in [3.63, 3.8) is 0 Å². The average Bonchev–Trinajstić information content (AvgIpc) is 3.29. The van der Waals surface area contributed by atoms with Crippen molar-refractivity contribution in [1.29, 1.82) is 0 Å². The molecule has 12 heteroatoms. The van der Waals surface area contributed by atoms with E-state index in [1.54, 1.807) is 24.7 Å². The summed E-state index contributed by atoms with van der Waals surface area (Å²) in [5.41, 5.74) is 1.54. The minimum atomic E-state index is -0.549. The SMILES string of the molecule is COCCOCSc1nc2ccc(NC(=O)CCn3cc([N+](=O)[O-])nc3C)cc2s1. The lowest BCUT2D eigenvalue weighted by Gasteiger charge is -2.06. The second kappa shape index (κ2) is 10.5. The number of methoxy groups -OCH3 is 1. The maximum Gasteiger partial charge on any atom is 0.381 e. The van der Waals surface area contributed by atoms with Crippen LogP contribution in [0.4, 0.5) is 11.5 Å². The van der Waals surface area contributed by atoms with E-state index in [9.17, 15) is 14.9 Å². The molecule has 1 aromatic carbocycles. The highest BCUT2D eigenvalue weighted by atomic mass is 32.2. The molecule has 2 heterocycles. The predicted octanol–water partition coefficient (Wildman–Crippen LogP) is 3.45. The number of nitrogens with one attached hydrogen (secondary N) is 1. The first kappa shape index (κ1) is 22.2. The summed E-state index contributed by atoms with van der Waals surface area (Å²) >= 11 is 3.05. The van der Waals surface area contributed by atoms with Crippen molar-refractivity contribution in [2.75, 3.05) is 31.6 Å². The Labute approximate surface area is 180 Å². The molecule has 0 aliphatic rings. The number of nitrogens with zero attached hydrogens (tertiary/aromatic N) is 4. The largest absolute Gasteiger partial charge is 0.382 e. The molecule has 0 aliphatic carbocycles. The van der Waals surface area contributed by atoms with E-state index in [-0.39, 0.29) is 18.1 Å². The lowest BCUT2D eigenvalue weighted by molar-refractivity contribution is -0.389. The van der Waals surface area contributed by atoms with Crippen LogP contribution in [0.15, 0.2) is 28.7 Å². The molecule has 0 aliphatic heterocycles. The number of carbonyl (C=O) groups excluding carboxylic acids is 1. The quantitative estimate of drug-likeness (QED) is 0.155. The fourth-order valence-electron chi connectivity index (χ4n) is 2.59. The molecule has 1 N–H and O–H groups in total. The summed E-state index contributed by atoms with van der Waals surface area (Å²) in [4.78, 5) is 30.9. The molecule has 30 heavy (non-hydrogen) atoms. The summed E-state index contributed by atoms with van der Waals surface area (Å²) < 4.78 is 13.8. The summed E-state index contributed by atoms with van der Waals surface area (Å²) in [7, 11) is 1.63. The zero-order valence-corrected chi connectivity index (χ0v) is 18.1. The predicted molar refractivity (Wildman–Crippen MR) is 115 cm³/mol. The number of hydrogen-bond donors (Lipinski definition) is 1. The number of anilines is 1. The van der Waals surface area contributed by atoms with Crippen molar-refractivity contribution in [2.45, 2.75) is 24.2 Å². The van der Waals surface area contributed by atoms with Gasteiger partial charge in [0.2, 0.25) is 11.7 Å². The number of ether oxygens (including phenoxy) is 2. The van der Waals surface area contributed by atoms with E-state index in [2.05, 4.69) is 15.3 Å². The van der Waals surface area contributed by atoms with E-state index in [1.165, 1.54) is 29.3 Å². The molecule has 0 radical (unpaired) electrons. The van der Waals surface area contributed by atoms with E-state index >= 15 is 0 Å². The zero-order chi connectivity index (χ0) is 21.5. The second-order valence-corrected chi connectivity index (χ2v) is 8.42. The number of thiazole rings is 1. The summed E-state index contributed by atoms with van der Waals surface area (Å²) in [6.07, 6.45) is 1.51. The van der Waals surface area contributed by atoms with Crippen molar-refractivity contribution >= 4 is 50.7 Å². The number of benzene rings is 1. The third-order valence-electron chi connectivity index (χ3n) is 4.08. The van der Waals surface area contributed by atoms with Gasteiger partial charge in [0.15, 0.2) is 4.34 Å². The topological polar surface area (TPSA) is 121 Å². The van der Waals surface area contributed by atoms with Gasteiger partial charge < -0.3 is 29.5 Å². The highest BCUT2D eigenvalue weighted by Gasteiger charge is 2.16. The summed E-state index contributed by atoms with van der Waals surface area (Å²) in [6, 6.07) is 5.55. The van der Waals surface area contributed by atoms with Crippen LogP contribution in [0, 0.1) is 17.0 Å². The van der Waals surface area contributed by atoms with Crippen LogP contribution in [0.5, 0.6) is 0 Å². The normalized spacial score (nSPS) is 11.1. The van der Waals surface area contributed by atoms with Crippen LogP contribution in [0.2, 0.25) is 0 Å². The smallest absolute Gasteiger partial charge is 0.381 e. The standard InChI is InChI=1S/C18H21N5O5S2/c1-12-19-16(23(25)26)10-22(12)6-5-17(24)20-13-3-4-14-15(9-13)30-18(21-14)29-11-28-8-7-27-2/h3-4,9-10H,5-8,11H2,1-2H3,(H,20,24). The molecular formula is C18H21N5O5S2. The molecule has 10 nitrogen and oxygen atoms in total. The van der Waals surface area contributed by atoms with Crippen LogP contribution < -0.4 is 5.32 Å². The van der Waals surface area contributed by atoms with E-state index < -0.39 is 4.92 Å². The van der Waals surface area contributed by atoms with E-state index in [0.29, 0.717) is 37.2 Å². The number of hydrogen-bond acceptors (Lipinski definition) is 9. The molecule has 0 unspecified atom stereocenters. The number of rotatable bonds is 11. The van der Waals surface area contributed by atoms with E-state index in [4.69, 9.17) is 9.47 Å². The molecule has 0 fully saturated rings. The lowest BCUT2D eigenvalue weighted by atomic mass is 10.3. The van der Waals surface area contributed by atoms with Gasteiger partial charge >= 0.3 is 5.82 Å². The number of imidazole rings is 1. The highest BCUT2D eigenvalue weighted by Crippen LogP contribution is 2.31. The first-order valence-corrected chi connectivity index (χ1v) is 10.8. The third kappa shape index (κ3) is 5.98. The van der Waals surface area contributed by atoms with E-state index in [1.807, 2.05) is 12.1 Å². The first-order chi connectivity index (χ1) is 14.5. The van der Waals surface area contributed by atoms with Gasteiger partial charge in [0.1, 0.15) is 6.20 Å². The van der Waals surface area contributed by atoms with Gasteiger partial charge in [-0.15, -0.1) is 11.3 Å². The molecule has 0 atom stereocenters. The fourth-order valence-corrected chi connectivity index (χ4v) is 4.44. The van der Waals surface area contributed by atoms with Gasteiger partial charge in [0, 0.05) is 32.7 Å². The molecule has 0 saturated carbocycles. The highest BCUT2D eigenvalue weighted by molar-refractivity contribution is 8.01. The third-order valence-corrected chi connectivity index (χ3v) is 6.12. The van der Waals surface area contributed by atoms with Crippen LogP contribution in [-0.4, -0.2) is 51.6 Å². The molecule has 3 aromatic rings. The van der Waals surface area contributed by atoms with Gasteiger partial charge in [-0.1, -0.05) is 11.8 Å². The van der Waals surface area contributed by atoms with Crippen LogP contribution in [0.25, 0.3) is 10.2 Å². The number of amides is 1. The Hall–Kier alpha value is -2.54. The number of aromatic nitrogens is 3. The zero-order valence-electron chi connectivity index (χ0n) is 16.5. The maximum absolute atomic E-state index is 12.3. The van der Waals surface area contributed by atoms with Crippen LogP contribution in [-0.2, 0) is 20.8 Å².